The van der Waals surface area contributed by atoms with Crippen molar-refractivity contribution in [1.82, 2.24) is 4.98 Å². The second-order valence-corrected chi connectivity index (χ2v) is 3.58. The maximum Gasteiger partial charge on any atom is 0.142 e. The second kappa shape index (κ2) is 3.35. The maximum absolute atomic E-state index is 13.3. The van der Waals surface area contributed by atoms with Gasteiger partial charge in [-0.2, -0.15) is 5.26 Å². The average molecular weight is 251 g/mol. The summed E-state index contributed by atoms with van der Waals surface area (Å²) in [5, 5.41) is 9.30. The van der Waals surface area contributed by atoms with E-state index in [0.717, 1.165) is 0 Å². The summed E-state index contributed by atoms with van der Waals surface area (Å²) in [6.07, 6.45) is 1.60. The summed E-state index contributed by atoms with van der Waals surface area (Å²) in [7, 11) is 0. The molecule has 1 aromatic carbocycles. The molecule has 68 valence electrons. The fourth-order valence-electron chi connectivity index (χ4n) is 1.29. The number of nitrogens with zero attached hydrogens (tertiary/aromatic N) is 2. The van der Waals surface area contributed by atoms with Gasteiger partial charge in [-0.1, -0.05) is 0 Å². The van der Waals surface area contributed by atoms with Crippen LogP contribution in [0.2, 0.25) is 0 Å². The third-order valence-corrected chi connectivity index (χ3v) is 2.51. The van der Waals surface area contributed by atoms with Gasteiger partial charge in [0.15, 0.2) is 0 Å². The molecule has 0 radical (unpaired) electrons. The van der Waals surface area contributed by atoms with Crippen LogP contribution >= 0.6 is 15.9 Å². The zero-order valence-electron chi connectivity index (χ0n) is 6.96. The molecule has 0 aliphatic heterocycles. The van der Waals surface area contributed by atoms with Crippen molar-refractivity contribution in [3.05, 3.63) is 40.2 Å². The summed E-state index contributed by atoms with van der Waals surface area (Å²) in [5.74, 6) is -0.528. The third-order valence-electron chi connectivity index (χ3n) is 1.91. The highest BCUT2D eigenvalue weighted by Crippen LogP contribution is 2.26. The Balaban J connectivity index is 3.00. The van der Waals surface area contributed by atoms with E-state index in [-0.39, 0.29) is 5.56 Å². The molecule has 0 N–H and O–H groups in total. The molecule has 0 aliphatic rings. The van der Waals surface area contributed by atoms with E-state index in [2.05, 4.69) is 20.9 Å². The zero-order valence-corrected chi connectivity index (χ0v) is 8.55. The first-order valence-corrected chi connectivity index (χ1v) is 4.66. The van der Waals surface area contributed by atoms with E-state index in [1.54, 1.807) is 18.3 Å². The molecule has 0 bridgehead atoms. The fourth-order valence-corrected chi connectivity index (χ4v) is 1.81. The van der Waals surface area contributed by atoms with Gasteiger partial charge in [-0.05, 0) is 34.1 Å². The first kappa shape index (κ1) is 9.10. The predicted octanol–water partition coefficient (Wildman–Crippen LogP) is 3.01. The van der Waals surface area contributed by atoms with Gasteiger partial charge in [0.1, 0.15) is 11.9 Å². The molecule has 0 aliphatic carbocycles. The van der Waals surface area contributed by atoms with Crippen LogP contribution in [0.5, 0.6) is 0 Å². The minimum Gasteiger partial charge on any atom is -0.255 e. The lowest BCUT2D eigenvalue weighted by Crippen LogP contribution is -1.89. The molecule has 1 aromatic heterocycles. The molecule has 0 fully saturated rings. The fraction of sp³-hybridized carbons (Fsp3) is 0. The van der Waals surface area contributed by atoms with E-state index >= 15 is 0 Å². The number of nitriles is 1. The molecule has 0 spiro atoms. The van der Waals surface area contributed by atoms with Gasteiger partial charge in [0.05, 0.1) is 11.1 Å². The molecule has 0 unspecified atom stereocenters. The van der Waals surface area contributed by atoms with Crippen LogP contribution in [-0.2, 0) is 0 Å². The lowest BCUT2D eigenvalue weighted by Gasteiger charge is -2.02. The molecule has 2 aromatic rings. The molecule has 1 heterocycles. The Morgan fingerprint density at radius 3 is 3.00 bits per heavy atom. The summed E-state index contributed by atoms with van der Waals surface area (Å²) in [6.45, 7) is 0. The van der Waals surface area contributed by atoms with Crippen molar-refractivity contribution in [1.29, 1.82) is 5.26 Å². The van der Waals surface area contributed by atoms with E-state index in [9.17, 15) is 4.39 Å². The Hall–Kier alpha value is -1.47. The number of pyridine rings is 1. The summed E-state index contributed by atoms with van der Waals surface area (Å²) in [5.41, 5.74) is 0.641. The first-order chi connectivity index (χ1) is 6.74. The number of benzene rings is 1. The van der Waals surface area contributed by atoms with Gasteiger partial charge in [-0.25, -0.2) is 4.39 Å². The van der Waals surface area contributed by atoms with Crippen LogP contribution in [0.3, 0.4) is 0 Å². The highest BCUT2D eigenvalue weighted by molar-refractivity contribution is 9.10. The number of hydrogen-bond donors (Lipinski definition) is 0. The van der Waals surface area contributed by atoms with Crippen molar-refractivity contribution in [3.8, 4) is 6.07 Å². The molecule has 0 saturated heterocycles. The van der Waals surface area contributed by atoms with Gasteiger partial charge >= 0.3 is 0 Å². The Morgan fingerprint density at radius 2 is 2.29 bits per heavy atom. The highest BCUT2D eigenvalue weighted by Gasteiger charge is 2.10. The van der Waals surface area contributed by atoms with Crippen molar-refractivity contribution in [2.75, 3.05) is 0 Å². The van der Waals surface area contributed by atoms with Crippen molar-refractivity contribution < 1.29 is 4.39 Å². The SMILES string of the molecule is N#Cc1c(F)cc(Br)c2ncccc12. The lowest BCUT2D eigenvalue weighted by molar-refractivity contribution is 0.625. The quantitative estimate of drug-likeness (QED) is 0.721. The van der Waals surface area contributed by atoms with E-state index < -0.39 is 5.82 Å². The van der Waals surface area contributed by atoms with E-state index in [0.29, 0.717) is 15.4 Å². The van der Waals surface area contributed by atoms with E-state index in [4.69, 9.17) is 5.26 Å². The van der Waals surface area contributed by atoms with Gasteiger partial charge in [0.2, 0.25) is 0 Å². The van der Waals surface area contributed by atoms with Crippen LogP contribution in [0, 0.1) is 17.1 Å². The van der Waals surface area contributed by atoms with Crippen LogP contribution in [0.15, 0.2) is 28.9 Å². The number of rotatable bonds is 0. The van der Waals surface area contributed by atoms with Gasteiger partial charge in [-0.15, -0.1) is 0 Å². The Bertz CT molecular complexity index is 546. The second-order valence-electron chi connectivity index (χ2n) is 2.73. The molecule has 2 nitrogen and oxygen atoms in total. The standard InChI is InChI=1S/C10H4BrFN2/c11-8-4-9(12)7(5-13)6-2-1-3-14-10(6)8/h1-4H. The van der Waals surface area contributed by atoms with Crippen LogP contribution in [0.25, 0.3) is 10.9 Å². The number of aromatic nitrogens is 1. The van der Waals surface area contributed by atoms with Crippen molar-refractivity contribution in [2.45, 2.75) is 0 Å². The Kier molecular flexibility index (Phi) is 2.18. The molecule has 0 atom stereocenters. The summed E-state index contributed by atoms with van der Waals surface area (Å²) in [6, 6.07) is 6.44. The summed E-state index contributed by atoms with van der Waals surface area (Å²) >= 11 is 3.20. The topological polar surface area (TPSA) is 36.7 Å². The smallest absolute Gasteiger partial charge is 0.142 e. The number of fused-ring (bicyclic) bond motifs is 1. The minimum absolute atomic E-state index is 0.0382. The summed E-state index contributed by atoms with van der Waals surface area (Å²) in [4.78, 5) is 4.07. The average Bonchev–Trinajstić information content (AvgIpc) is 2.18. The molecule has 0 amide bonds. The molecule has 0 saturated carbocycles. The minimum atomic E-state index is -0.528. The molecular formula is C10H4BrFN2. The van der Waals surface area contributed by atoms with Crippen molar-refractivity contribution in [3.63, 3.8) is 0 Å². The zero-order chi connectivity index (χ0) is 10.1. The first-order valence-electron chi connectivity index (χ1n) is 3.87. The molecular weight excluding hydrogens is 247 g/mol. The normalized spacial score (nSPS) is 10.1. The number of hydrogen-bond acceptors (Lipinski definition) is 2. The Morgan fingerprint density at radius 1 is 1.50 bits per heavy atom. The van der Waals surface area contributed by atoms with Gasteiger partial charge in [-0.3, -0.25) is 4.98 Å². The third kappa shape index (κ3) is 1.26. The lowest BCUT2D eigenvalue weighted by atomic mass is 10.1. The van der Waals surface area contributed by atoms with Crippen LogP contribution < -0.4 is 0 Å². The molecule has 4 heteroatoms. The Labute approximate surface area is 88.1 Å². The van der Waals surface area contributed by atoms with Gasteiger partial charge in [0.25, 0.3) is 0 Å². The van der Waals surface area contributed by atoms with Crippen LogP contribution in [-0.4, -0.2) is 4.98 Å². The number of halogens is 2. The van der Waals surface area contributed by atoms with Crippen molar-refractivity contribution in [2.24, 2.45) is 0 Å². The molecule has 2 rings (SSSR count). The van der Waals surface area contributed by atoms with Crippen LogP contribution in [0.4, 0.5) is 4.39 Å². The molecule has 14 heavy (non-hydrogen) atoms. The van der Waals surface area contributed by atoms with E-state index in [1.165, 1.54) is 6.07 Å². The van der Waals surface area contributed by atoms with Crippen molar-refractivity contribution >= 4 is 26.8 Å². The maximum atomic E-state index is 13.3. The largest absolute Gasteiger partial charge is 0.255 e. The van der Waals surface area contributed by atoms with Crippen LogP contribution in [0.1, 0.15) is 5.56 Å². The van der Waals surface area contributed by atoms with E-state index in [1.807, 2.05) is 6.07 Å². The summed E-state index contributed by atoms with van der Waals surface area (Å²) < 4.78 is 13.9. The highest BCUT2D eigenvalue weighted by atomic mass is 79.9. The van der Waals surface area contributed by atoms with Gasteiger partial charge in [0, 0.05) is 16.1 Å². The van der Waals surface area contributed by atoms with Gasteiger partial charge < -0.3 is 0 Å². The predicted molar refractivity (Wildman–Crippen MR) is 54.1 cm³/mol. The monoisotopic (exact) mass is 250 g/mol.